The minimum Gasteiger partial charge on any atom is -0.481 e. The van der Waals surface area contributed by atoms with Crippen LogP contribution in [0.3, 0.4) is 0 Å². The number of morpholine rings is 1. The summed E-state index contributed by atoms with van der Waals surface area (Å²) in [6, 6.07) is 0. The Morgan fingerprint density at radius 2 is 2.33 bits per heavy atom. The zero-order chi connectivity index (χ0) is 15.4. The number of nitrogens with zero attached hydrogens (tertiary/aromatic N) is 3. The topological polar surface area (TPSA) is 84.7 Å². The van der Waals surface area contributed by atoms with Gasteiger partial charge in [-0.05, 0) is 5.92 Å². The molecule has 0 saturated carbocycles. The molecule has 0 bridgehead atoms. The molecule has 21 heavy (non-hydrogen) atoms. The first-order chi connectivity index (χ1) is 9.97. The van der Waals surface area contributed by atoms with Crippen LogP contribution in [0.5, 0.6) is 0 Å². The molecular weight excluding hydrogens is 274 g/mol. The fraction of sp³-hybridized carbons (Fsp3) is 0.643. The lowest BCUT2D eigenvalue weighted by atomic mass is 10.2. The summed E-state index contributed by atoms with van der Waals surface area (Å²) in [5.74, 6) is -0.167. The fourth-order valence-electron chi connectivity index (χ4n) is 2.42. The van der Waals surface area contributed by atoms with Crippen LogP contribution in [-0.2, 0) is 16.1 Å². The quantitative estimate of drug-likeness (QED) is 0.855. The van der Waals surface area contributed by atoms with Gasteiger partial charge in [-0.3, -0.25) is 9.59 Å². The highest BCUT2D eigenvalue weighted by atomic mass is 16.5. The van der Waals surface area contributed by atoms with Crippen LogP contribution in [0.25, 0.3) is 0 Å². The molecule has 1 saturated heterocycles. The van der Waals surface area contributed by atoms with E-state index >= 15 is 0 Å². The zero-order valence-corrected chi connectivity index (χ0v) is 12.4. The second-order valence-electron chi connectivity index (χ2n) is 5.64. The van der Waals surface area contributed by atoms with Crippen LogP contribution in [0.4, 0.5) is 5.82 Å². The highest BCUT2D eigenvalue weighted by molar-refractivity contribution is 5.67. The van der Waals surface area contributed by atoms with Crippen molar-refractivity contribution in [1.82, 2.24) is 9.55 Å². The Balaban J connectivity index is 2.17. The summed E-state index contributed by atoms with van der Waals surface area (Å²) in [5.41, 5.74) is -0.137. The van der Waals surface area contributed by atoms with Gasteiger partial charge in [0.2, 0.25) is 0 Å². The Kier molecular flexibility index (Phi) is 4.95. The van der Waals surface area contributed by atoms with E-state index in [0.29, 0.717) is 38.0 Å². The van der Waals surface area contributed by atoms with E-state index in [4.69, 9.17) is 9.84 Å². The summed E-state index contributed by atoms with van der Waals surface area (Å²) < 4.78 is 7.06. The molecule has 1 unspecified atom stereocenters. The van der Waals surface area contributed by atoms with Gasteiger partial charge in [0.1, 0.15) is 0 Å². The summed E-state index contributed by atoms with van der Waals surface area (Å²) >= 11 is 0. The van der Waals surface area contributed by atoms with Crippen LogP contribution in [0.2, 0.25) is 0 Å². The molecule has 1 aliphatic heterocycles. The molecule has 2 rings (SSSR count). The predicted molar refractivity (Wildman–Crippen MR) is 77.5 cm³/mol. The first-order valence-electron chi connectivity index (χ1n) is 7.11. The molecular formula is C14H21N3O4. The van der Waals surface area contributed by atoms with Gasteiger partial charge in [0.25, 0.3) is 5.56 Å². The lowest BCUT2D eigenvalue weighted by Gasteiger charge is -2.32. The van der Waals surface area contributed by atoms with Crippen molar-refractivity contribution in [2.24, 2.45) is 5.92 Å². The summed E-state index contributed by atoms with van der Waals surface area (Å²) in [6.07, 6.45) is 2.82. The molecule has 7 heteroatoms. The average Bonchev–Trinajstić information content (AvgIpc) is 2.40. The Bertz CT molecular complexity index is 555. The predicted octanol–water partition coefficient (Wildman–Crippen LogP) is 0.579. The monoisotopic (exact) mass is 295 g/mol. The van der Waals surface area contributed by atoms with Crippen LogP contribution in [-0.4, -0.2) is 46.4 Å². The first-order valence-corrected chi connectivity index (χ1v) is 7.11. The van der Waals surface area contributed by atoms with Crippen LogP contribution in [0, 0.1) is 5.92 Å². The summed E-state index contributed by atoms with van der Waals surface area (Å²) in [5, 5.41) is 8.84. The zero-order valence-electron chi connectivity index (χ0n) is 12.4. The summed E-state index contributed by atoms with van der Waals surface area (Å²) in [6.45, 7) is 6.05. The number of hydrogen-bond acceptors (Lipinski definition) is 5. The van der Waals surface area contributed by atoms with Gasteiger partial charge in [0.15, 0.2) is 5.82 Å². The van der Waals surface area contributed by atoms with Crippen LogP contribution in [0.15, 0.2) is 17.2 Å². The van der Waals surface area contributed by atoms with Crippen molar-refractivity contribution >= 4 is 11.8 Å². The Morgan fingerprint density at radius 3 is 3.00 bits per heavy atom. The third-order valence-electron chi connectivity index (χ3n) is 3.30. The van der Waals surface area contributed by atoms with Crippen molar-refractivity contribution in [2.75, 3.05) is 24.6 Å². The smallest absolute Gasteiger partial charge is 0.306 e. The van der Waals surface area contributed by atoms with Crippen LogP contribution >= 0.6 is 0 Å². The number of carbonyl (C=O) groups is 1. The largest absolute Gasteiger partial charge is 0.481 e. The van der Waals surface area contributed by atoms with Crippen LogP contribution in [0.1, 0.15) is 20.3 Å². The number of ether oxygens (including phenoxy) is 1. The van der Waals surface area contributed by atoms with Crippen molar-refractivity contribution in [2.45, 2.75) is 32.9 Å². The van der Waals surface area contributed by atoms with Crippen molar-refractivity contribution in [3.05, 3.63) is 22.7 Å². The van der Waals surface area contributed by atoms with Gasteiger partial charge in [0.05, 0.1) is 19.1 Å². The minimum absolute atomic E-state index is 0.0660. The van der Waals surface area contributed by atoms with Crippen LogP contribution < -0.4 is 10.5 Å². The molecule has 1 aromatic heterocycles. The summed E-state index contributed by atoms with van der Waals surface area (Å²) in [7, 11) is 0. The van der Waals surface area contributed by atoms with E-state index < -0.39 is 12.1 Å². The van der Waals surface area contributed by atoms with E-state index in [-0.39, 0.29) is 12.0 Å². The first kappa shape index (κ1) is 15.5. The molecule has 1 atom stereocenters. The standard InChI is InChI=1S/C14H21N3O4/c1-10(2)8-17-4-3-15-13(14(17)20)16-5-6-21-11(9-16)7-12(18)19/h3-4,10-11H,5-9H2,1-2H3,(H,18,19). The number of carboxylic acids is 1. The molecule has 116 valence electrons. The molecule has 1 aromatic rings. The van der Waals surface area contributed by atoms with Gasteiger partial charge in [-0.15, -0.1) is 0 Å². The van der Waals surface area contributed by atoms with Gasteiger partial charge >= 0.3 is 5.97 Å². The van der Waals surface area contributed by atoms with Gasteiger partial charge < -0.3 is 19.3 Å². The number of aromatic nitrogens is 2. The normalized spacial score (nSPS) is 19.0. The van der Waals surface area contributed by atoms with E-state index in [9.17, 15) is 9.59 Å². The highest BCUT2D eigenvalue weighted by Gasteiger charge is 2.25. The molecule has 0 amide bonds. The van der Waals surface area contributed by atoms with Gasteiger partial charge in [-0.1, -0.05) is 13.8 Å². The lowest BCUT2D eigenvalue weighted by molar-refractivity contribution is -0.140. The minimum atomic E-state index is -0.903. The second-order valence-corrected chi connectivity index (χ2v) is 5.64. The number of hydrogen-bond donors (Lipinski definition) is 1. The molecule has 0 aliphatic carbocycles. The Morgan fingerprint density at radius 1 is 1.57 bits per heavy atom. The maximum Gasteiger partial charge on any atom is 0.306 e. The fourth-order valence-corrected chi connectivity index (χ4v) is 2.42. The third-order valence-corrected chi connectivity index (χ3v) is 3.30. The SMILES string of the molecule is CC(C)Cn1ccnc(N2CCOC(CC(=O)O)C2)c1=O. The molecule has 1 aliphatic rings. The molecule has 1 fully saturated rings. The average molecular weight is 295 g/mol. The number of anilines is 1. The van der Waals surface area contributed by atoms with Crippen molar-refractivity contribution in [1.29, 1.82) is 0 Å². The number of aliphatic carboxylic acids is 1. The van der Waals surface area contributed by atoms with E-state index in [0.717, 1.165) is 0 Å². The second kappa shape index (κ2) is 6.71. The van der Waals surface area contributed by atoms with Crippen molar-refractivity contribution in [3.8, 4) is 0 Å². The molecule has 0 spiro atoms. The maximum atomic E-state index is 12.4. The molecule has 0 radical (unpaired) electrons. The Hall–Kier alpha value is -1.89. The molecule has 7 nitrogen and oxygen atoms in total. The molecule has 1 N–H and O–H groups in total. The highest BCUT2D eigenvalue weighted by Crippen LogP contribution is 2.13. The molecule has 2 heterocycles. The Labute approximate surface area is 123 Å². The van der Waals surface area contributed by atoms with Crippen molar-refractivity contribution < 1.29 is 14.6 Å². The lowest BCUT2D eigenvalue weighted by Crippen LogP contribution is -2.46. The van der Waals surface area contributed by atoms with Crippen molar-refractivity contribution in [3.63, 3.8) is 0 Å². The van der Waals surface area contributed by atoms with E-state index in [1.54, 1.807) is 17.0 Å². The summed E-state index contributed by atoms with van der Waals surface area (Å²) in [4.78, 5) is 29.2. The van der Waals surface area contributed by atoms with E-state index in [1.165, 1.54) is 0 Å². The van der Waals surface area contributed by atoms with Gasteiger partial charge in [-0.2, -0.15) is 0 Å². The number of carboxylic acid groups (broad SMARTS) is 1. The third kappa shape index (κ3) is 4.04. The van der Waals surface area contributed by atoms with E-state index in [1.807, 2.05) is 18.7 Å². The van der Waals surface area contributed by atoms with Gasteiger partial charge in [-0.25, -0.2) is 4.98 Å². The van der Waals surface area contributed by atoms with E-state index in [2.05, 4.69) is 4.98 Å². The maximum absolute atomic E-state index is 12.4. The number of rotatable bonds is 5. The molecule has 0 aromatic carbocycles. The van der Waals surface area contributed by atoms with Gasteiger partial charge in [0, 0.05) is 32.0 Å².